The summed E-state index contributed by atoms with van der Waals surface area (Å²) in [6.07, 6.45) is 1.07. The van der Waals surface area contributed by atoms with E-state index >= 15 is 0 Å². The van der Waals surface area contributed by atoms with E-state index in [1.807, 2.05) is 23.5 Å². The second kappa shape index (κ2) is 6.80. The van der Waals surface area contributed by atoms with E-state index in [-0.39, 0.29) is 0 Å². The molecule has 0 saturated heterocycles. The molecule has 1 heterocycles. The van der Waals surface area contributed by atoms with Crippen LogP contribution in [0.1, 0.15) is 44.6 Å². The van der Waals surface area contributed by atoms with Gasteiger partial charge in [0.15, 0.2) is 0 Å². The van der Waals surface area contributed by atoms with Gasteiger partial charge in [-0.15, -0.1) is 0 Å². The Kier molecular flexibility index (Phi) is 5.93. The largest absolute Gasteiger partial charge is 0.313 e. The summed E-state index contributed by atoms with van der Waals surface area (Å²) < 4.78 is 2.33. The molecule has 0 amide bonds. The highest BCUT2D eigenvalue weighted by atomic mass is 32.2. The molecular weight excluding hydrogens is 254 g/mol. The van der Waals surface area contributed by atoms with Gasteiger partial charge in [0.2, 0.25) is 0 Å². The molecule has 1 aromatic heterocycles. The van der Waals surface area contributed by atoms with Crippen LogP contribution in [0.5, 0.6) is 0 Å². The van der Waals surface area contributed by atoms with Crippen LogP contribution in [0.4, 0.5) is 0 Å². The van der Waals surface area contributed by atoms with Crippen LogP contribution in [0.15, 0.2) is 0 Å². The van der Waals surface area contributed by atoms with Crippen LogP contribution < -0.4 is 5.32 Å². The van der Waals surface area contributed by atoms with Crippen molar-refractivity contribution in [1.82, 2.24) is 15.1 Å². The lowest BCUT2D eigenvalue weighted by molar-refractivity contribution is 0.593. The van der Waals surface area contributed by atoms with Gasteiger partial charge in [0.05, 0.1) is 5.69 Å². The van der Waals surface area contributed by atoms with Crippen molar-refractivity contribution in [3.8, 4) is 0 Å². The zero-order valence-electron chi connectivity index (χ0n) is 13.5. The quantitative estimate of drug-likeness (QED) is 0.870. The molecule has 3 nitrogen and oxygen atoms in total. The van der Waals surface area contributed by atoms with Crippen LogP contribution in [-0.2, 0) is 13.5 Å². The minimum Gasteiger partial charge on any atom is -0.313 e. The number of aryl methyl sites for hydroxylation is 2. The zero-order valence-corrected chi connectivity index (χ0v) is 14.3. The maximum absolute atomic E-state index is 4.46. The first-order chi connectivity index (χ1) is 8.70. The van der Waals surface area contributed by atoms with Gasteiger partial charge in [-0.25, -0.2) is 0 Å². The van der Waals surface area contributed by atoms with Crippen LogP contribution >= 0.6 is 11.8 Å². The molecule has 0 saturated carbocycles. The lowest BCUT2D eigenvalue weighted by Crippen LogP contribution is -2.31. The van der Waals surface area contributed by atoms with Crippen LogP contribution in [0, 0.1) is 13.8 Å². The number of nitrogens with one attached hydrogen (secondary N) is 1. The van der Waals surface area contributed by atoms with E-state index in [0.717, 1.165) is 18.7 Å². The van der Waals surface area contributed by atoms with Gasteiger partial charge >= 0.3 is 0 Å². The van der Waals surface area contributed by atoms with Gasteiger partial charge in [0, 0.05) is 29.3 Å². The van der Waals surface area contributed by atoms with E-state index < -0.39 is 0 Å². The molecule has 0 bridgehead atoms. The third kappa shape index (κ3) is 5.57. The maximum Gasteiger partial charge on any atom is 0.0628 e. The number of nitrogens with zero attached hydrogens (tertiary/aromatic N) is 2. The van der Waals surface area contributed by atoms with Crippen LogP contribution in [0.2, 0.25) is 0 Å². The summed E-state index contributed by atoms with van der Waals surface area (Å²) >= 11 is 2.02. The van der Waals surface area contributed by atoms with E-state index in [9.17, 15) is 0 Å². The second-order valence-electron chi connectivity index (χ2n) is 6.30. The highest BCUT2D eigenvalue weighted by Crippen LogP contribution is 2.23. The standard InChI is InChI=1S/C15H29N3S/c1-11(10-19-15(4,5)6)16-9-8-14-12(2)17-18(7)13(14)3/h11,16H,8-10H2,1-7H3/t11-/m1/s1. The molecule has 0 radical (unpaired) electrons. The highest BCUT2D eigenvalue weighted by Gasteiger charge is 2.13. The predicted molar refractivity (Wildman–Crippen MR) is 86.1 cm³/mol. The Labute approximate surface area is 122 Å². The fourth-order valence-electron chi connectivity index (χ4n) is 2.06. The SMILES string of the molecule is Cc1nn(C)c(C)c1CCN[C@H](C)CSC(C)(C)C. The molecule has 1 N–H and O–H groups in total. The minimum atomic E-state index is 0.354. The summed E-state index contributed by atoms with van der Waals surface area (Å²) in [6.45, 7) is 14.3. The molecule has 4 heteroatoms. The molecule has 0 spiro atoms. The molecule has 0 aliphatic rings. The first-order valence-electron chi connectivity index (χ1n) is 7.07. The van der Waals surface area contributed by atoms with Crippen molar-refractivity contribution in [3.05, 3.63) is 17.0 Å². The van der Waals surface area contributed by atoms with Gasteiger partial charge in [0.1, 0.15) is 0 Å². The van der Waals surface area contributed by atoms with Crippen LogP contribution in [-0.4, -0.2) is 32.9 Å². The lowest BCUT2D eigenvalue weighted by atomic mass is 10.1. The van der Waals surface area contributed by atoms with Crippen molar-refractivity contribution in [2.75, 3.05) is 12.3 Å². The van der Waals surface area contributed by atoms with Crippen LogP contribution in [0.3, 0.4) is 0 Å². The number of aromatic nitrogens is 2. The fourth-order valence-corrected chi connectivity index (χ4v) is 2.92. The summed E-state index contributed by atoms with van der Waals surface area (Å²) in [5, 5.41) is 8.07. The van der Waals surface area contributed by atoms with E-state index in [2.05, 4.69) is 52.0 Å². The Morgan fingerprint density at radius 2 is 1.95 bits per heavy atom. The molecule has 1 aromatic rings. The second-order valence-corrected chi connectivity index (χ2v) is 8.15. The number of thioether (sulfide) groups is 1. The highest BCUT2D eigenvalue weighted by molar-refractivity contribution is 8.00. The topological polar surface area (TPSA) is 29.9 Å². The van der Waals surface area contributed by atoms with Crippen molar-refractivity contribution in [2.24, 2.45) is 7.05 Å². The van der Waals surface area contributed by atoms with Crippen molar-refractivity contribution in [2.45, 2.75) is 58.8 Å². The van der Waals surface area contributed by atoms with Crippen molar-refractivity contribution >= 4 is 11.8 Å². The first-order valence-corrected chi connectivity index (χ1v) is 8.05. The summed E-state index contributed by atoms with van der Waals surface area (Å²) in [6, 6.07) is 0.557. The molecule has 0 aliphatic heterocycles. The Hall–Kier alpha value is -0.480. The van der Waals surface area contributed by atoms with E-state index in [1.54, 1.807) is 0 Å². The first kappa shape index (κ1) is 16.6. The summed E-state index contributed by atoms with van der Waals surface area (Å²) in [5.41, 5.74) is 3.85. The molecule has 0 aliphatic carbocycles. The van der Waals surface area contributed by atoms with Gasteiger partial charge in [0.25, 0.3) is 0 Å². The number of hydrogen-bond acceptors (Lipinski definition) is 3. The third-order valence-electron chi connectivity index (χ3n) is 3.29. The molecule has 0 aromatic carbocycles. The number of rotatable bonds is 6. The molecule has 0 unspecified atom stereocenters. The average molecular weight is 283 g/mol. The third-order valence-corrected chi connectivity index (χ3v) is 4.83. The van der Waals surface area contributed by atoms with Gasteiger partial charge in [-0.1, -0.05) is 20.8 Å². The Morgan fingerprint density at radius 3 is 2.42 bits per heavy atom. The number of hydrogen-bond donors (Lipinski definition) is 1. The van der Waals surface area contributed by atoms with Crippen LogP contribution in [0.25, 0.3) is 0 Å². The maximum atomic E-state index is 4.46. The minimum absolute atomic E-state index is 0.354. The summed E-state index contributed by atoms with van der Waals surface area (Å²) in [7, 11) is 2.02. The summed E-state index contributed by atoms with van der Waals surface area (Å²) in [4.78, 5) is 0. The van der Waals surface area contributed by atoms with Crippen molar-refractivity contribution in [3.63, 3.8) is 0 Å². The molecule has 1 atom stereocenters. The molecule has 0 fully saturated rings. The lowest BCUT2D eigenvalue weighted by Gasteiger charge is -2.21. The predicted octanol–water partition coefficient (Wildman–Crippen LogP) is 3.09. The Bertz CT molecular complexity index is 404. The van der Waals surface area contributed by atoms with E-state index in [4.69, 9.17) is 0 Å². The zero-order chi connectivity index (χ0) is 14.6. The van der Waals surface area contributed by atoms with Gasteiger partial charge in [-0.05, 0) is 39.3 Å². The molecule has 110 valence electrons. The van der Waals surface area contributed by atoms with Gasteiger partial charge < -0.3 is 5.32 Å². The van der Waals surface area contributed by atoms with Crippen molar-refractivity contribution < 1.29 is 0 Å². The fraction of sp³-hybridized carbons (Fsp3) is 0.800. The summed E-state index contributed by atoms with van der Waals surface area (Å²) in [5.74, 6) is 1.16. The molecular formula is C15H29N3S. The normalized spacial score (nSPS) is 13.8. The van der Waals surface area contributed by atoms with Crippen molar-refractivity contribution in [1.29, 1.82) is 0 Å². The Morgan fingerprint density at radius 1 is 1.32 bits per heavy atom. The Balaban J connectivity index is 2.34. The van der Waals surface area contributed by atoms with E-state index in [0.29, 0.717) is 10.8 Å². The van der Waals surface area contributed by atoms with Gasteiger partial charge in [-0.3, -0.25) is 4.68 Å². The van der Waals surface area contributed by atoms with Gasteiger partial charge in [-0.2, -0.15) is 16.9 Å². The average Bonchev–Trinajstić information content (AvgIpc) is 2.52. The smallest absolute Gasteiger partial charge is 0.0628 e. The molecule has 19 heavy (non-hydrogen) atoms. The monoisotopic (exact) mass is 283 g/mol. The van der Waals surface area contributed by atoms with E-state index in [1.165, 1.54) is 17.0 Å². The molecule has 1 rings (SSSR count).